The lowest BCUT2D eigenvalue weighted by Crippen LogP contribution is -2.43. The van der Waals surface area contributed by atoms with Gasteiger partial charge >= 0.3 is 0 Å². The van der Waals surface area contributed by atoms with Gasteiger partial charge in [-0.05, 0) is 44.4 Å². The number of fused-ring (bicyclic) bond motifs is 1. The first-order chi connectivity index (χ1) is 13.6. The van der Waals surface area contributed by atoms with E-state index in [1.54, 1.807) is 18.6 Å². The molecule has 7 heteroatoms. The highest BCUT2D eigenvalue weighted by Crippen LogP contribution is 2.22. The first kappa shape index (κ1) is 18.3. The molecule has 4 rings (SSSR count). The molecule has 0 radical (unpaired) electrons. The van der Waals surface area contributed by atoms with Crippen LogP contribution < -0.4 is 10.2 Å². The average molecular weight is 376 g/mol. The van der Waals surface area contributed by atoms with Gasteiger partial charge in [-0.3, -0.25) is 9.78 Å². The maximum absolute atomic E-state index is 12.9. The van der Waals surface area contributed by atoms with Crippen LogP contribution >= 0.6 is 0 Å². The third-order valence-corrected chi connectivity index (χ3v) is 5.06. The van der Waals surface area contributed by atoms with E-state index in [1.165, 1.54) is 0 Å². The van der Waals surface area contributed by atoms with Gasteiger partial charge in [0.1, 0.15) is 0 Å². The van der Waals surface area contributed by atoms with E-state index in [1.807, 2.05) is 36.4 Å². The molecule has 0 saturated carbocycles. The van der Waals surface area contributed by atoms with Crippen molar-refractivity contribution in [3.63, 3.8) is 0 Å². The second kappa shape index (κ2) is 7.90. The molecule has 1 aliphatic rings. The number of rotatable bonds is 5. The molecule has 3 aromatic rings. The number of hydrogen-bond donors (Lipinski definition) is 1. The molecule has 1 aromatic carbocycles. The zero-order chi connectivity index (χ0) is 19.5. The number of aromatic nitrogens is 3. The molecule has 7 nitrogen and oxygen atoms in total. The van der Waals surface area contributed by atoms with Gasteiger partial charge in [-0.25, -0.2) is 9.97 Å². The molecule has 2 atom stereocenters. The number of benzene rings is 1. The first-order valence-electron chi connectivity index (χ1n) is 9.42. The third-order valence-electron chi connectivity index (χ3n) is 5.06. The molecular formula is C21H24N6O. The number of pyridine rings is 1. The van der Waals surface area contributed by atoms with Crippen molar-refractivity contribution in [1.82, 2.24) is 25.2 Å². The van der Waals surface area contributed by atoms with Gasteiger partial charge in [-0.15, -0.1) is 0 Å². The van der Waals surface area contributed by atoms with Gasteiger partial charge in [0.25, 0.3) is 5.91 Å². The molecule has 2 aromatic heterocycles. The van der Waals surface area contributed by atoms with Crippen LogP contribution in [0, 0.1) is 5.92 Å². The Hall–Kier alpha value is -3.06. The SMILES string of the molecule is CN(C)C[C@@H]1CN(c2ncccn2)C[C@H]1NC(=O)c1ccc2ncccc2c1. The number of carbonyl (C=O) groups excluding carboxylic acids is 1. The van der Waals surface area contributed by atoms with Crippen molar-refractivity contribution >= 4 is 22.8 Å². The number of carbonyl (C=O) groups is 1. The summed E-state index contributed by atoms with van der Waals surface area (Å²) >= 11 is 0. The molecule has 144 valence electrons. The molecular weight excluding hydrogens is 352 g/mol. The number of anilines is 1. The Balaban J connectivity index is 1.52. The van der Waals surface area contributed by atoms with E-state index < -0.39 is 0 Å². The zero-order valence-corrected chi connectivity index (χ0v) is 16.1. The normalized spacial score (nSPS) is 19.3. The number of hydrogen-bond acceptors (Lipinski definition) is 6. The third kappa shape index (κ3) is 3.94. The number of nitrogens with zero attached hydrogens (tertiary/aromatic N) is 5. The minimum Gasteiger partial charge on any atom is -0.347 e. The predicted octanol–water partition coefficient (Wildman–Crippen LogP) is 1.82. The lowest BCUT2D eigenvalue weighted by atomic mass is 10.0. The van der Waals surface area contributed by atoms with Gasteiger partial charge in [0.2, 0.25) is 5.95 Å². The van der Waals surface area contributed by atoms with E-state index in [0.29, 0.717) is 24.0 Å². The van der Waals surface area contributed by atoms with Crippen LogP contribution in [0.15, 0.2) is 55.0 Å². The minimum absolute atomic E-state index is 0.0308. The van der Waals surface area contributed by atoms with Crippen molar-refractivity contribution in [3.8, 4) is 0 Å². The molecule has 1 fully saturated rings. The summed E-state index contributed by atoms with van der Waals surface area (Å²) in [6.07, 6.45) is 5.25. The second-order valence-corrected chi connectivity index (χ2v) is 7.47. The first-order valence-corrected chi connectivity index (χ1v) is 9.42. The Labute approximate surface area is 164 Å². The van der Waals surface area contributed by atoms with Crippen molar-refractivity contribution in [1.29, 1.82) is 0 Å². The van der Waals surface area contributed by atoms with Crippen molar-refractivity contribution in [2.24, 2.45) is 5.92 Å². The highest BCUT2D eigenvalue weighted by molar-refractivity contribution is 5.98. The van der Waals surface area contributed by atoms with Crippen LogP contribution in [0.2, 0.25) is 0 Å². The summed E-state index contributed by atoms with van der Waals surface area (Å²) in [6, 6.07) is 11.3. The van der Waals surface area contributed by atoms with Gasteiger partial charge in [0, 0.05) is 55.1 Å². The van der Waals surface area contributed by atoms with Crippen LogP contribution in [0.5, 0.6) is 0 Å². The predicted molar refractivity (Wildman–Crippen MR) is 109 cm³/mol. The Morgan fingerprint density at radius 2 is 1.89 bits per heavy atom. The fraction of sp³-hybridized carbons (Fsp3) is 0.333. The number of nitrogens with one attached hydrogen (secondary N) is 1. The Morgan fingerprint density at radius 3 is 2.68 bits per heavy atom. The summed E-state index contributed by atoms with van der Waals surface area (Å²) in [4.78, 5) is 30.3. The number of amides is 1. The summed E-state index contributed by atoms with van der Waals surface area (Å²) in [5.74, 6) is 0.944. The summed E-state index contributed by atoms with van der Waals surface area (Å²) in [5.41, 5.74) is 1.54. The largest absolute Gasteiger partial charge is 0.347 e. The van der Waals surface area contributed by atoms with Gasteiger partial charge in [-0.2, -0.15) is 0 Å². The van der Waals surface area contributed by atoms with Crippen molar-refractivity contribution < 1.29 is 4.79 Å². The summed E-state index contributed by atoms with van der Waals surface area (Å²) in [7, 11) is 4.10. The van der Waals surface area contributed by atoms with Crippen molar-refractivity contribution in [3.05, 3.63) is 60.6 Å². The van der Waals surface area contributed by atoms with Gasteiger partial charge in [0.05, 0.1) is 11.6 Å². The van der Waals surface area contributed by atoms with Crippen LogP contribution in [-0.2, 0) is 0 Å². The molecule has 1 aliphatic heterocycles. The van der Waals surface area contributed by atoms with E-state index >= 15 is 0 Å². The van der Waals surface area contributed by atoms with Crippen LogP contribution in [0.3, 0.4) is 0 Å². The summed E-state index contributed by atoms with van der Waals surface area (Å²) < 4.78 is 0. The highest BCUT2D eigenvalue weighted by Gasteiger charge is 2.35. The molecule has 0 spiro atoms. The van der Waals surface area contributed by atoms with Crippen molar-refractivity contribution in [2.75, 3.05) is 38.6 Å². The molecule has 1 N–H and O–H groups in total. The zero-order valence-electron chi connectivity index (χ0n) is 16.1. The van der Waals surface area contributed by atoms with Gasteiger partial charge < -0.3 is 15.1 Å². The molecule has 1 saturated heterocycles. The quantitative estimate of drug-likeness (QED) is 0.732. The van der Waals surface area contributed by atoms with E-state index in [4.69, 9.17) is 0 Å². The van der Waals surface area contributed by atoms with E-state index in [0.717, 1.165) is 24.0 Å². The van der Waals surface area contributed by atoms with Crippen LogP contribution in [-0.4, -0.2) is 65.5 Å². The smallest absolute Gasteiger partial charge is 0.251 e. The Bertz CT molecular complexity index is 961. The maximum atomic E-state index is 12.9. The van der Waals surface area contributed by atoms with E-state index in [9.17, 15) is 4.79 Å². The molecule has 28 heavy (non-hydrogen) atoms. The van der Waals surface area contributed by atoms with Crippen LogP contribution in [0.4, 0.5) is 5.95 Å². The van der Waals surface area contributed by atoms with Crippen LogP contribution in [0.25, 0.3) is 10.9 Å². The van der Waals surface area contributed by atoms with Gasteiger partial charge in [-0.1, -0.05) is 6.07 Å². The Kier molecular flexibility index (Phi) is 5.16. The van der Waals surface area contributed by atoms with Gasteiger partial charge in [0.15, 0.2) is 0 Å². The lowest BCUT2D eigenvalue weighted by molar-refractivity contribution is 0.0928. The average Bonchev–Trinajstić information content (AvgIpc) is 3.10. The van der Waals surface area contributed by atoms with Crippen molar-refractivity contribution in [2.45, 2.75) is 6.04 Å². The maximum Gasteiger partial charge on any atom is 0.251 e. The molecule has 1 amide bonds. The monoisotopic (exact) mass is 376 g/mol. The fourth-order valence-corrected chi connectivity index (χ4v) is 3.78. The standard InChI is InChI=1S/C21H24N6O/c1-26(2)12-17-13-27(21-23-9-4-10-24-21)14-19(17)25-20(28)16-6-7-18-15(11-16)5-3-8-22-18/h3-11,17,19H,12-14H2,1-2H3,(H,25,28)/t17-,19-/m1/s1. The Morgan fingerprint density at radius 1 is 1.11 bits per heavy atom. The lowest BCUT2D eigenvalue weighted by Gasteiger charge is -2.22. The molecule has 0 bridgehead atoms. The minimum atomic E-state index is -0.0599. The second-order valence-electron chi connectivity index (χ2n) is 7.47. The van der Waals surface area contributed by atoms with Crippen LogP contribution in [0.1, 0.15) is 10.4 Å². The molecule has 3 heterocycles. The topological polar surface area (TPSA) is 74.2 Å². The fourth-order valence-electron chi connectivity index (χ4n) is 3.78. The summed E-state index contributed by atoms with van der Waals surface area (Å²) in [6.45, 7) is 2.40. The van der Waals surface area contributed by atoms with E-state index in [-0.39, 0.29) is 11.9 Å². The van der Waals surface area contributed by atoms with E-state index in [2.05, 4.69) is 44.2 Å². The highest BCUT2D eigenvalue weighted by atomic mass is 16.1. The summed E-state index contributed by atoms with van der Waals surface area (Å²) in [5, 5.41) is 4.20. The molecule has 0 unspecified atom stereocenters. The molecule has 0 aliphatic carbocycles.